The molecule has 2 N–H and O–H groups in total. The van der Waals surface area contributed by atoms with Gasteiger partial charge in [-0.2, -0.15) is 0 Å². The van der Waals surface area contributed by atoms with Crippen LogP contribution >= 0.6 is 0 Å². The Labute approximate surface area is 116 Å². The number of carbonyl (C=O) groups excluding carboxylic acids is 1. The summed E-state index contributed by atoms with van der Waals surface area (Å²) in [4.78, 5) is 13.8. The molecule has 7 nitrogen and oxygen atoms in total. The van der Waals surface area contributed by atoms with Gasteiger partial charge in [0.2, 0.25) is 5.91 Å². The molecule has 1 heterocycles. The molecule has 1 amide bonds. The van der Waals surface area contributed by atoms with E-state index in [2.05, 4.69) is 10.3 Å². The minimum atomic E-state index is -0.122. The lowest BCUT2D eigenvalue weighted by molar-refractivity contribution is -0.119. The third kappa shape index (κ3) is 2.94. The zero-order valence-corrected chi connectivity index (χ0v) is 11.5. The molecule has 0 aliphatic carbocycles. The highest BCUT2D eigenvalue weighted by molar-refractivity contribution is 5.94. The van der Waals surface area contributed by atoms with E-state index in [1.807, 2.05) is 18.2 Å². The monoisotopic (exact) mass is 275 g/mol. The van der Waals surface area contributed by atoms with Gasteiger partial charge in [-0.05, 0) is 12.1 Å². The maximum atomic E-state index is 12.2. The third-order valence-corrected chi connectivity index (χ3v) is 2.91. The van der Waals surface area contributed by atoms with Gasteiger partial charge < -0.3 is 15.4 Å². The van der Waals surface area contributed by atoms with Gasteiger partial charge in [0.25, 0.3) is 0 Å². The van der Waals surface area contributed by atoms with Crippen LogP contribution in [0.2, 0.25) is 0 Å². The van der Waals surface area contributed by atoms with Gasteiger partial charge in [-0.1, -0.05) is 17.3 Å². The molecule has 2 rings (SSSR count). The summed E-state index contributed by atoms with van der Waals surface area (Å²) in [6, 6.07) is 7.33. The van der Waals surface area contributed by atoms with Gasteiger partial charge >= 0.3 is 0 Å². The number of ether oxygens (including phenoxy) is 1. The minimum absolute atomic E-state index is 0.0988. The molecule has 2 aromatic rings. The molecule has 0 saturated carbocycles. The lowest BCUT2D eigenvalue weighted by Crippen LogP contribution is -2.30. The average molecular weight is 275 g/mol. The molecule has 0 aliphatic heterocycles. The van der Waals surface area contributed by atoms with E-state index in [-0.39, 0.29) is 12.5 Å². The number of methoxy groups -OCH3 is 1. The highest BCUT2D eigenvalue weighted by Gasteiger charge is 2.15. The highest BCUT2D eigenvalue weighted by atomic mass is 16.5. The molecule has 0 aliphatic rings. The SMILES string of the molecule is COc1ccccc1N(C)C(=O)Cn1cc(CN)nn1. The molecule has 1 aromatic carbocycles. The summed E-state index contributed by atoms with van der Waals surface area (Å²) >= 11 is 0. The molecular formula is C13H17N5O2. The molecule has 0 saturated heterocycles. The van der Waals surface area contributed by atoms with Gasteiger partial charge in [0.15, 0.2) is 0 Å². The maximum absolute atomic E-state index is 12.2. The Bertz CT molecular complexity index is 596. The van der Waals surface area contributed by atoms with Crippen molar-refractivity contribution in [2.75, 3.05) is 19.1 Å². The number of anilines is 1. The molecule has 7 heteroatoms. The molecule has 0 fully saturated rings. The first-order valence-electron chi connectivity index (χ1n) is 6.14. The van der Waals surface area contributed by atoms with Crippen LogP contribution in [0.3, 0.4) is 0 Å². The lowest BCUT2D eigenvalue weighted by atomic mass is 10.2. The van der Waals surface area contributed by atoms with Crippen molar-refractivity contribution in [3.63, 3.8) is 0 Å². The second-order valence-corrected chi connectivity index (χ2v) is 4.24. The van der Waals surface area contributed by atoms with Gasteiger partial charge in [-0.25, -0.2) is 4.68 Å². The molecule has 1 aromatic heterocycles. The van der Waals surface area contributed by atoms with Crippen LogP contribution in [0.5, 0.6) is 5.75 Å². The van der Waals surface area contributed by atoms with Gasteiger partial charge in [-0.3, -0.25) is 4.79 Å². The van der Waals surface area contributed by atoms with E-state index in [1.165, 1.54) is 9.58 Å². The maximum Gasteiger partial charge on any atom is 0.248 e. The third-order valence-electron chi connectivity index (χ3n) is 2.91. The summed E-state index contributed by atoms with van der Waals surface area (Å²) in [6.07, 6.45) is 1.66. The predicted octanol–water partition coefficient (Wildman–Crippen LogP) is 0.408. The van der Waals surface area contributed by atoms with Crippen LogP contribution in [0.15, 0.2) is 30.5 Å². The molecule has 0 atom stereocenters. The number of amides is 1. The number of nitrogens with two attached hydrogens (primary N) is 1. The minimum Gasteiger partial charge on any atom is -0.495 e. The van der Waals surface area contributed by atoms with E-state index in [0.717, 1.165) is 0 Å². The topological polar surface area (TPSA) is 86.3 Å². The summed E-state index contributed by atoms with van der Waals surface area (Å²) in [6.45, 7) is 0.401. The fourth-order valence-electron chi connectivity index (χ4n) is 1.80. The number of hydrogen-bond acceptors (Lipinski definition) is 5. The standard InChI is InChI=1S/C13H17N5O2/c1-17(11-5-3-4-6-12(11)20-2)13(19)9-18-8-10(7-14)15-16-18/h3-6,8H,7,9,14H2,1-2H3. The van der Waals surface area contributed by atoms with Crippen molar-refractivity contribution in [1.82, 2.24) is 15.0 Å². The largest absolute Gasteiger partial charge is 0.495 e. The van der Waals surface area contributed by atoms with Gasteiger partial charge in [0.1, 0.15) is 12.3 Å². The van der Waals surface area contributed by atoms with Crippen molar-refractivity contribution >= 4 is 11.6 Å². The summed E-state index contributed by atoms with van der Waals surface area (Å²) in [5, 5.41) is 7.70. The van der Waals surface area contributed by atoms with E-state index in [9.17, 15) is 4.79 Å². The summed E-state index contributed by atoms with van der Waals surface area (Å²) in [5.41, 5.74) is 6.81. The fraction of sp³-hybridized carbons (Fsp3) is 0.308. The Morgan fingerprint density at radius 3 is 2.85 bits per heavy atom. The quantitative estimate of drug-likeness (QED) is 0.854. The van der Waals surface area contributed by atoms with Gasteiger partial charge in [-0.15, -0.1) is 5.10 Å². The molecular weight excluding hydrogens is 258 g/mol. The van der Waals surface area contributed by atoms with E-state index in [0.29, 0.717) is 23.7 Å². The van der Waals surface area contributed by atoms with E-state index < -0.39 is 0 Å². The number of hydrogen-bond donors (Lipinski definition) is 1. The molecule has 0 radical (unpaired) electrons. The Morgan fingerprint density at radius 1 is 1.45 bits per heavy atom. The lowest BCUT2D eigenvalue weighted by Gasteiger charge is -2.19. The van der Waals surface area contributed by atoms with Crippen LogP contribution in [-0.2, 0) is 17.9 Å². The van der Waals surface area contributed by atoms with Crippen LogP contribution in [0, 0.1) is 0 Å². The smallest absolute Gasteiger partial charge is 0.248 e. The number of carbonyl (C=O) groups is 1. The Morgan fingerprint density at radius 2 is 2.20 bits per heavy atom. The summed E-state index contributed by atoms with van der Waals surface area (Å²) in [7, 11) is 3.27. The predicted molar refractivity (Wildman–Crippen MR) is 74.3 cm³/mol. The van der Waals surface area contributed by atoms with Crippen LogP contribution in [-0.4, -0.2) is 35.1 Å². The molecule has 0 spiro atoms. The first-order chi connectivity index (χ1) is 9.65. The van der Waals surface area contributed by atoms with Crippen molar-refractivity contribution in [3.05, 3.63) is 36.2 Å². The van der Waals surface area contributed by atoms with Crippen molar-refractivity contribution in [2.45, 2.75) is 13.1 Å². The molecule has 0 bridgehead atoms. The number of likely N-dealkylation sites (N-methyl/N-ethyl adjacent to an activating group) is 1. The number of para-hydroxylation sites is 2. The normalized spacial score (nSPS) is 10.3. The average Bonchev–Trinajstić information content (AvgIpc) is 2.94. The Hall–Kier alpha value is -2.41. The van der Waals surface area contributed by atoms with Crippen molar-refractivity contribution in [3.8, 4) is 5.75 Å². The Kier molecular flexibility index (Phi) is 4.31. The second-order valence-electron chi connectivity index (χ2n) is 4.24. The fourth-order valence-corrected chi connectivity index (χ4v) is 1.80. The zero-order chi connectivity index (χ0) is 14.5. The van der Waals surface area contributed by atoms with Crippen molar-refractivity contribution < 1.29 is 9.53 Å². The molecule has 106 valence electrons. The van der Waals surface area contributed by atoms with Crippen LogP contribution in [0.25, 0.3) is 0 Å². The first-order valence-corrected chi connectivity index (χ1v) is 6.14. The number of benzene rings is 1. The first kappa shape index (κ1) is 14.0. The van der Waals surface area contributed by atoms with Gasteiger partial charge in [0.05, 0.1) is 24.7 Å². The number of rotatable bonds is 5. The van der Waals surface area contributed by atoms with E-state index in [1.54, 1.807) is 26.4 Å². The van der Waals surface area contributed by atoms with Crippen LogP contribution < -0.4 is 15.4 Å². The number of aromatic nitrogens is 3. The number of nitrogens with zero attached hydrogens (tertiary/aromatic N) is 4. The van der Waals surface area contributed by atoms with Crippen molar-refractivity contribution in [2.24, 2.45) is 5.73 Å². The van der Waals surface area contributed by atoms with E-state index >= 15 is 0 Å². The van der Waals surface area contributed by atoms with Gasteiger partial charge in [0, 0.05) is 13.6 Å². The van der Waals surface area contributed by atoms with E-state index in [4.69, 9.17) is 10.5 Å². The van der Waals surface area contributed by atoms with Crippen LogP contribution in [0.1, 0.15) is 5.69 Å². The zero-order valence-electron chi connectivity index (χ0n) is 11.5. The van der Waals surface area contributed by atoms with Crippen LogP contribution in [0.4, 0.5) is 5.69 Å². The summed E-state index contributed by atoms with van der Waals surface area (Å²) < 4.78 is 6.71. The second kappa shape index (κ2) is 6.16. The highest BCUT2D eigenvalue weighted by Crippen LogP contribution is 2.26. The van der Waals surface area contributed by atoms with Crippen molar-refractivity contribution in [1.29, 1.82) is 0 Å². The molecule has 0 unspecified atom stereocenters. The molecule has 20 heavy (non-hydrogen) atoms. The summed E-state index contributed by atoms with van der Waals surface area (Å²) in [5.74, 6) is 0.521. The Balaban J connectivity index is 2.12.